The molecule has 4 heteroatoms. The molecule has 2 aromatic carbocycles. The molecule has 0 aliphatic heterocycles. The summed E-state index contributed by atoms with van der Waals surface area (Å²) >= 11 is 0. The Morgan fingerprint density at radius 2 is 1.52 bits per heavy atom. The molecule has 0 saturated carbocycles. The van der Waals surface area contributed by atoms with Gasteiger partial charge in [-0.05, 0) is 51.3 Å². The van der Waals surface area contributed by atoms with E-state index in [2.05, 4.69) is 32.0 Å². The predicted octanol–water partition coefficient (Wildman–Crippen LogP) is 5.43. The lowest BCUT2D eigenvalue weighted by Gasteiger charge is -2.29. The van der Waals surface area contributed by atoms with Gasteiger partial charge >= 0.3 is 7.60 Å². The van der Waals surface area contributed by atoms with E-state index in [1.165, 1.54) is 11.1 Å². The van der Waals surface area contributed by atoms with Gasteiger partial charge < -0.3 is 9.42 Å². The molecule has 0 radical (unpaired) electrons. The average molecular weight is 332 g/mol. The van der Waals surface area contributed by atoms with Crippen molar-refractivity contribution in [3.05, 3.63) is 59.2 Å². The Morgan fingerprint density at radius 1 is 1.00 bits per heavy atom. The van der Waals surface area contributed by atoms with Crippen LogP contribution in [0.5, 0.6) is 0 Å². The van der Waals surface area contributed by atoms with E-state index in [1.54, 1.807) is 20.8 Å². The molecule has 0 fully saturated rings. The van der Waals surface area contributed by atoms with Crippen LogP contribution in [0.15, 0.2) is 42.5 Å². The van der Waals surface area contributed by atoms with E-state index in [0.29, 0.717) is 0 Å². The van der Waals surface area contributed by atoms with Crippen LogP contribution in [0.25, 0.3) is 11.1 Å². The fourth-order valence-corrected chi connectivity index (χ4v) is 3.86. The standard InChI is InChI=1S/C19H25O3P/c1-6-22-23(20,21)19(4,5)18-9-7-16(8-10-18)17-12-14(2)11-15(3)13-17/h7-13H,6H2,1-5H3,(H,20,21). The molecule has 0 aromatic heterocycles. The van der Waals surface area contributed by atoms with E-state index in [9.17, 15) is 9.46 Å². The summed E-state index contributed by atoms with van der Waals surface area (Å²) in [5, 5.41) is -0.940. The predicted molar refractivity (Wildman–Crippen MR) is 95.8 cm³/mol. The molecule has 23 heavy (non-hydrogen) atoms. The molecule has 2 rings (SSSR count). The van der Waals surface area contributed by atoms with Crippen molar-refractivity contribution >= 4 is 7.60 Å². The van der Waals surface area contributed by atoms with Crippen LogP contribution in [-0.4, -0.2) is 11.5 Å². The van der Waals surface area contributed by atoms with Crippen LogP contribution in [-0.2, 0) is 14.2 Å². The number of aryl methyl sites for hydroxylation is 2. The topological polar surface area (TPSA) is 46.5 Å². The van der Waals surface area contributed by atoms with Gasteiger partial charge in [-0.1, -0.05) is 53.6 Å². The van der Waals surface area contributed by atoms with Crippen molar-refractivity contribution in [1.82, 2.24) is 0 Å². The highest BCUT2D eigenvalue weighted by molar-refractivity contribution is 7.54. The lowest BCUT2D eigenvalue weighted by molar-refractivity contribution is 0.251. The summed E-state index contributed by atoms with van der Waals surface area (Å²) < 4.78 is 17.5. The fourth-order valence-electron chi connectivity index (χ4n) is 2.71. The smallest absolute Gasteiger partial charge is 0.324 e. The molecule has 3 nitrogen and oxygen atoms in total. The second-order valence-corrected chi connectivity index (χ2v) is 8.87. The molecule has 1 unspecified atom stereocenters. The number of hydrogen-bond acceptors (Lipinski definition) is 2. The summed E-state index contributed by atoms with van der Waals surface area (Å²) in [5.41, 5.74) is 5.50. The monoisotopic (exact) mass is 332 g/mol. The lowest BCUT2D eigenvalue weighted by atomic mass is 9.96. The van der Waals surface area contributed by atoms with E-state index in [1.807, 2.05) is 24.3 Å². The van der Waals surface area contributed by atoms with Crippen LogP contribution >= 0.6 is 7.60 Å². The molecular formula is C19H25O3P. The van der Waals surface area contributed by atoms with Gasteiger partial charge in [-0.15, -0.1) is 0 Å². The van der Waals surface area contributed by atoms with Crippen LogP contribution in [0.2, 0.25) is 0 Å². The summed E-state index contributed by atoms with van der Waals surface area (Å²) in [7, 11) is -3.72. The van der Waals surface area contributed by atoms with Gasteiger partial charge in [-0.25, -0.2) is 0 Å². The van der Waals surface area contributed by atoms with Crippen molar-refractivity contribution in [3.63, 3.8) is 0 Å². The average Bonchev–Trinajstić information content (AvgIpc) is 2.46. The highest BCUT2D eigenvalue weighted by Crippen LogP contribution is 2.60. The molecular weight excluding hydrogens is 307 g/mol. The maximum Gasteiger partial charge on any atom is 0.337 e. The Bertz CT molecular complexity index is 713. The Balaban J connectivity index is 2.37. The summed E-state index contributed by atoms with van der Waals surface area (Å²) in [5.74, 6) is 0. The Labute approximate surface area is 138 Å². The van der Waals surface area contributed by atoms with Gasteiger partial charge in [0.2, 0.25) is 0 Å². The highest BCUT2D eigenvalue weighted by Gasteiger charge is 2.41. The first-order chi connectivity index (χ1) is 10.7. The van der Waals surface area contributed by atoms with Crippen molar-refractivity contribution in [2.24, 2.45) is 0 Å². The zero-order chi connectivity index (χ0) is 17.3. The second kappa shape index (κ2) is 6.60. The number of hydrogen-bond donors (Lipinski definition) is 1. The van der Waals surface area contributed by atoms with E-state index in [-0.39, 0.29) is 6.61 Å². The van der Waals surface area contributed by atoms with E-state index < -0.39 is 12.8 Å². The largest absolute Gasteiger partial charge is 0.337 e. The molecule has 0 aliphatic carbocycles. The van der Waals surface area contributed by atoms with Crippen LogP contribution in [0, 0.1) is 13.8 Å². The maximum atomic E-state index is 12.4. The zero-order valence-electron chi connectivity index (χ0n) is 14.5. The summed E-state index contributed by atoms with van der Waals surface area (Å²) in [4.78, 5) is 10.2. The van der Waals surface area contributed by atoms with Gasteiger partial charge in [-0.3, -0.25) is 4.57 Å². The normalized spacial score (nSPS) is 14.5. The van der Waals surface area contributed by atoms with Crippen molar-refractivity contribution in [1.29, 1.82) is 0 Å². The lowest BCUT2D eigenvalue weighted by Crippen LogP contribution is -2.19. The first-order valence-electron chi connectivity index (χ1n) is 7.84. The van der Waals surface area contributed by atoms with Gasteiger partial charge in [0.15, 0.2) is 0 Å². The van der Waals surface area contributed by atoms with E-state index in [0.717, 1.165) is 16.7 Å². The third-order valence-corrected chi connectivity index (χ3v) is 6.44. The third kappa shape index (κ3) is 3.74. The molecule has 0 heterocycles. The maximum absolute atomic E-state index is 12.4. The minimum Gasteiger partial charge on any atom is -0.324 e. The molecule has 0 amide bonds. The molecule has 0 bridgehead atoms. The first kappa shape index (κ1) is 17.9. The van der Waals surface area contributed by atoms with Crippen LogP contribution in [0.1, 0.15) is 37.5 Å². The summed E-state index contributed by atoms with van der Waals surface area (Å²) in [6, 6.07) is 14.2. The van der Waals surface area contributed by atoms with Crippen LogP contribution in [0.3, 0.4) is 0 Å². The number of rotatable bonds is 5. The van der Waals surface area contributed by atoms with Gasteiger partial charge in [-0.2, -0.15) is 0 Å². The van der Waals surface area contributed by atoms with Gasteiger partial charge in [0.25, 0.3) is 0 Å². The molecule has 1 N–H and O–H groups in total. The first-order valence-corrected chi connectivity index (χ1v) is 9.42. The molecule has 1 atom stereocenters. The Kier molecular flexibility index (Phi) is 5.15. The van der Waals surface area contributed by atoms with Crippen molar-refractivity contribution in [2.45, 2.75) is 39.8 Å². The quantitative estimate of drug-likeness (QED) is 0.743. The third-order valence-electron chi connectivity index (χ3n) is 4.16. The fraction of sp³-hybridized carbons (Fsp3) is 0.368. The minimum absolute atomic E-state index is 0.220. The molecule has 2 aromatic rings. The SMILES string of the molecule is CCOP(=O)(O)C(C)(C)c1ccc(-c2cc(C)cc(C)c2)cc1. The molecule has 0 aliphatic rings. The van der Waals surface area contributed by atoms with Gasteiger partial charge in [0, 0.05) is 0 Å². The van der Waals surface area contributed by atoms with Gasteiger partial charge in [0.1, 0.15) is 0 Å². The molecule has 0 saturated heterocycles. The molecule has 124 valence electrons. The van der Waals surface area contributed by atoms with Gasteiger partial charge in [0.05, 0.1) is 11.8 Å². The highest BCUT2D eigenvalue weighted by atomic mass is 31.2. The summed E-state index contributed by atoms with van der Waals surface area (Å²) in [6.07, 6.45) is 0. The van der Waals surface area contributed by atoms with E-state index >= 15 is 0 Å². The van der Waals surface area contributed by atoms with Crippen LogP contribution < -0.4 is 0 Å². The van der Waals surface area contributed by atoms with Crippen molar-refractivity contribution in [2.75, 3.05) is 6.61 Å². The zero-order valence-corrected chi connectivity index (χ0v) is 15.4. The van der Waals surface area contributed by atoms with Crippen molar-refractivity contribution < 1.29 is 14.0 Å². The Morgan fingerprint density at radius 3 is 2.00 bits per heavy atom. The van der Waals surface area contributed by atoms with E-state index in [4.69, 9.17) is 4.52 Å². The van der Waals surface area contributed by atoms with Crippen LogP contribution in [0.4, 0.5) is 0 Å². The second-order valence-electron chi connectivity index (χ2n) is 6.45. The number of benzene rings is 2. The van der Waals surface area contributed by atoms with Crippen molar-refractivity contribution in [3.8, 4) is 11.1 Å². The minimum atomic E-state index is -3.72. The molecule has 0 spiro atoms. The summed E-state index contributed by atoms with van der Waals surface area (Å²) in [6.45, 7) is 9.60. The Hall–Kier alpha value is -1.41.